The zero-order valence-electron chi connectivity index (χ0n) is 9.22. The molecule has 86 valence electrons. The van der Waals surface area contributed by atoms with Crippen molar-refractivity contribution in [2.75, 3.05) is 0 Å². The molecule has 0 saturated heterocycles. The Bertz CT molecular complexity index is 570. The first-order valence-electron chi connectivity index (χ1n) is 5.63. The molecule has 1 saturated carbocycles. The third kappa shape index (κ3) is 2.36. The number of ether oxygens (including phenoxy) is 1. The van der Waals surface area contributed by atoms with Crippen LogP contribution >= 0.6 is 0 Å². The van der Waals surface area contributed by atoms with Crippen LogP contribution in [0.4, 0.5) is 0 Å². The molecule has 4 nitrogen and oxygen atoms in total. The van der Waals surface area contributed by atoms with Gasteiger partial charge in [-0.1, -0.05) is 0 Å². The van der Waals surface area contributed by atoms with Gasteiger partial charge in [-0.2, -0.15) is 0 Å². The van der Waals surface area contributed by atoms with Crippen LogP contribution in [0, 0.1) is 0 Å². The molecule has 1 heterocycles. The van der Waals surface area contributed by atoms with Crippen molar-refractivity contribution < 1.29 is 4.74 Å². The second-order valence-electron chi connectivity index (χ2n) is 4.14. The van der Waals surface area contributed by atoms with E-state index in [0.29, 0.717) is 11.8 Å². The molecule has 1 aromatic heterocycles. The molecule has 0 spiro atoms. The number of hydrogen-bond acceptors (Lipinski definition) is 3. The second kappa shape index (κ2) is 4.05. The maximum absolute atomic E-state index is 11.2. The summed E-state index contributed by atoms with van der Waals surface area (Å²) < 4.78 is 5.65. The smallest absolute Gasteiger partial charge is 0.251 e. The fraction of sp³-hybridized carbons (Fsp3) is 0.231. The first-order valence-corrected chi connectivity index (χ1v) is 5.63. The zero-order chi connectivity index (χ0) is 11.7. The molecule has 0 atom stereocenters. The highest BCUT2D eigenvalue weighted by Gasteiger charge is 2.23. The van der Waals surface area contributed by atoms with Crippen LogP contribution in [-0.4, -0.2) is 16.1 Å². The van der Waals surface area contributed by atoms with E-state index >= 15 is 0 Å². The molecule has 1 aromatic carbocycles. The van der Waals surface area contributed by atoms with Crippen molar-refractivity contribution in [2.24, 2.45) is 0 Å². The lowest BCUT2D eigenvalue weighted by atomic mass is 10.1. The SMILES string of the molecule is O=c1cc(-c2ccc(OC3CC3)cc2)nc[nH]1. The van der Waals surface area contributed by atoms with E-state index in [1.165, 1.54) is 12.4 Å². The van der Waals surface area contributed by atoms with Gasteiger partial charge in [-0.25, -0.2) is 4.98 Å². The first-order chi connectivity index (χ1) is 8.31. The van der Waals surface area contributed by atoms with Crippen LogP contribution in [-0.2, 0) is 0 Å². The van der Waals surface area contributed by atoms with Crippen molar-refractivity contribution in [1.29, 1.82) is 0 Å². The van der Waals surface area contributed by atoms with Crippen LogP contribution in [0.3, 0.4) is 0 Å². The van der Waals surface area contributed by atoms with E-state index in [0.717, 1.165) is 24.2 Å². The Hall–Kier alpha value is -2.10. The Balaban J connectivity index is 1.85. The average Bonchev–Trinajstić information content (AvgIpc) is 3.14. The van der Waals surface area contributed by atoms with Crippen LogP contribution in [0.2, 0.25) is 0 Å². The van der Waals surface area contributed by atoms with Crippen molar-refractivity contribution >= 4 is 0 Å². The summed E-state index contributed by atoms with van der Waals surface area (Å²) in [5, 5.41) is 0. The van der Waals surface area contributed by atoms with Crippen LogP contribution in [0.15, 0.2) is 41.5 Å². The van der Waals surface area contributed by atoms with Gasteiger partial charge in [-0.15, -0.1) is 0 Å². The predicted octanol–water partition coefficient (Wildman–Crippen LogP) is 1.98. The van der Waals surface area contributed by atoms with Crippen LogP contribution in [0.5, 0.6) is 5.75 Å². The Morgan fingerprint density at radius 3 is 2.65 bits per heavy atom. The molecular weight excluding hydrogens is 216 g/mol. The predicted molar refractivity (Wildman–Crippen MR) is 63.9 cm³/mol. The minimum atomic E-state index is -0.145. The summed E-state index contributed by atoms with van der Waals surface area (Å²) in [7, 11) is 0. The van der Waals surface area contributed by atoms with Gasteiger partial charge in [0.05, 0.1) is 18.1 Å². The molecule has 1 N–H and O–H groups in total. The molecule has 3 rings (SSSR count). The van der Waals surface area contributed by atoms with E-state index in [9.17, 15) is 4.79 Å². The third-order valence-electron chi connectivity index (χ3n) is 2.66. The molecule has 1 fully saturated rings. The quantitative estimate of drug-likeness (QED) is 0.873. The van der Waals surface area contributed by atoms with Gasteiger partial charge in [0.1, 0.15) is 5.75 Å². The van der Waals surface area contributed by atoms with Gasteiger partial charge in [0.2, 0.25) is 0 Å². The minimum absolute atomic E-state index is 0.145. The zero-order valence-corrected chi connectivity index (χ0v) is 9.22. The van der Waals surface area contributed by atoms with Gasteiger partial charge in [0, 0.05) is 11.6 Å². The fourth-order valence-electron chi connectivity index (χ4n) is 1.61. The Morgan fingerprint density at radius 2 is 2.00 bits per heavy atom. The molecule has 17 heavy (non-hydrogen) atoms. The fourth-order valence-corrected chi connectivity index (χ4v) is 1.61. The number of rotatable bonds is 3. The summed E-state index contributed by atoms with van der Waals surface area (Å²) in [6.45, 7) is 0. The monoisotopic (exact) mass is 228 g/mol. The van der Waals surface area contributed by atoms with Crippen molar-refractivity contribution in [1.82, 2.24) is 9.97 Å². The number of benzene rings is 1. The summed E-state index contributed by atoms with van der Waals surface area (Å²) in [5.41, 5.74) is 1.44. The molecule has 0 bridgehead atoms. The van der Waals surface area contributed by atoms with Crippen molar-refractivity contribution in [3.63, 3.8) is 0 Å². The van der Waals surface area contributed by atoms with Gasteiger partial charge < -0.3 is 9.72 Å². The van der Waals surface area contributed by atoms with Gasteiger partial charge in [-0.3, -0.25) is 4.79 Å². The van der Waals surface area contributed by atoms with Gasteiger partial charge >= 0.3 is 0 Å². The molecule has 4 heteroatoms. The highest BCUT2D eigenvalue weighted by molar-refractivity contribution is 5.59. The van der Waals surface area contributed by atoms with Crippen molar-refractivity contribution in [3.05, 3.63) is 47.0 Å². The van der Waals surface area contributed by atoms with Gasteiger partial charge in [0.25, 0.3) is 5.56 Å². The van der Waals surface area contributed by atoms with Crippen molar-refractivity contribution in [2.45, 2.75) is 18.9 Å². The lowest BCUT2D eigenvalue weighted by Gasteiger charge is -2.05. The maximum Gasteiger partial charge on any atom is 0.251 e. The van der Waals surface area contributed by atoms with E-state index in [1.807, 2.05) is 24.3 Å². The van der Waals surface area contributed by atoms with Crippen LogP contribution in [0.25, 0.3) is 11.3 Å². The molecule has 1 aliphatic rings. The Labute approximate surface area is 98.3 Å². The summed E-state index contributed by atoms with van der Waals surface area (Å²) in [6, 6.07) is 9.14. The summed E-state index contributed by atoms with van der Waals surface area (Å²) in [6.07, 6.45) is 4.11. The minimum Gasteiger partial charge on any atom is -0.490 e. The normalized spacial score (nSPS) is 14.6. The first kappa shape index (κ1) is 10.1. The molecule has 0 unspecified atom stereocenters. The molecule has 1 aliphatic carbocycles. The topological polar surface area (TPSA) is 55.0 Å². The molecular formula is C13H12N2O2. The molecule has 2 aromatic rings. The second-order valence-corrected chi connectivity index (χ2v) is 4.14. The highest BCUT2D eigenvalue weighted by Crippen LogP contribution is 2.27. The lowest BCUT2D eigenvalue weighted by Crippen LogP contribution is -2.04. The summed E-state index contributed by atoms with van der Waals surface area (Å²) in [4.78, 5) is 17.8. The van der Waals surface area contributed by atoms with E-state index in [-0.39, 0.29) is 5.56 Å². The number of nitrogens with zero attached hydrogens (tertiary/aromatic N) is 1. The van der Waals surface area contributed by atoms with Crippen LogP contribution in [0.1, 0.15) is 12.8 Å². The third-order valence-corrected chi connectivity index (χ3v) is 2.66. The lowest BCUT2D eigenvalue weighted by molar-refractivity contribution is 0.303. The van der Waals surface area contributed by atoms with Crippen LogP contribution < -0.4 is 10.3 Å². The number of aromatic nitrogens is 2. The highest BCUT2D eigenvalue weighted by atomic mass is 16.5. The van der Waals surface area contributed by atoms with Crippen molar-refractivity contribution in [3.8, 4) is 17.0 Å². The molecule has 0 amide bonds. The standard InChI is InChI=1S/C13H12N2O2/c16-13-7-12(14-8-15-13)9-1-3-10(4-2-9)17-11-5-6-11/h1-4,7-8,11H,5-6H2,(H,14,15,16). The summed E-state index contributed by atoms with van der Waals surface area (Å²) >= 11 is 0. The van der Waals surface area contributed by atoms with E-state index in [2.05, 4.69) is 9.97 Å². The average molecular weight is 228 g/mol. The molecule has 0 radical (unpaired) electrons. The Morgan fingerprint density at radius 1 is 1.24 bits per heavy atom. The van der Waals surface area contributed by atoms with Gasteiger partial charge in [-0.05, 0) is 37.1 Å². The Kier molecular flexibility index (Phi) is 2.40. The number of aromatic amines is 1. The van der Waals surface area contributed by atoms with Gasteiger partial charge in [0.15, 0.2) is 0 Å². The molecule has 0 aliphatic heterocycles. The number of nitrogens with one attached hydrogen (secondary N) is 1. The number of H-pyrrole nitrogens is 1. The number of hydrogen-bond donors (Lipinski definition) is 1. The maximum atomic E-state index is 11.2. The summed E-state index contributed by atoms with van der Waals surface area (Å²) in [5.74, 6) is 0.876. The van der Waals surface area contributed by atoms with E-state index in [4.69, 9.17) is 4.74 Å². The van der Waals surface area contributed by atoms with E-state index < -0.39 is 0 Å². The largest absolute Gasteiger partial charge is 0.490 e. The van der Waals surface area contributed by atoms with E-state index in [1.54, 1.807) is 0 Å².